The van der Waals surface area contributed by atoms with Gasteiger partial charge in [-0.05, 0) is 38.1 Å². The summed E-state index contributed by atoms with van der Waals surface area (Å²) in [6, 6.07) is 11.0. The van der Waals surface area contributed by atoms with Gasteiger partial charge in [-0.3, -0.25) is 19.5 Å². The van der Waals surface area contributed by atoms with Crippen molar-refractivity contribution < 1.29 is 9.59 Å². The van der Waals surface area contributed by atoms with Crippen LogP contribution in [0, 0.1) is 6.92 Å². The summed E-state index contributed by atoms with van der Waals surface area (Å²) in [6.45, 7) is 3.82. The third kappa shape index (κ3) is 4.05. The predicted molar refractivity (Wildman–Crippen MR) is 106 cm³/mol. The normalized spacial score (nSPS) is 15.0. The van der Waals surface area contributed by atoms with E-state index in [2.05, 4.69) is 15.3 Å². The highest BCUT2D eigenvalue weighted by atomic mass is 35.5. The molecule has 1 aromatic heterocycles. The number of aryl methyl sites for hydroxylation is 1. The minimum absolute atomic E-state index is 0.0823. The molecule has 1 aliphatic heterocycles. The van der Waals surface area contributed by atoms with Crippen LogP contribution in [0.2, 0.25) is 5.15 Å². The molecule has 2 heterocycles. The van der Waals surface area contributed by atoms with Crippen LogP contribution >= 0.6 is 23.4 Å². The van der Waals surface area contributed by atoms with Crippen molar-refractivity contribution in [3.63, 3.8) is 0 Å². The summed E-state index contributed by atoms with van der Waals surface area (Å²) >= 11 is 7.20. The van der Waals surface area contributed by atoms with E-state index in [9.17, 15) is 9.59 Å². The number of hydrogen-bond donors (Lipinski definition) is 1. The van der Waals surface area contributed by atoms with Crippen molar-refractivity contribution in [2.75, 3.05) is 16.8 Å². The quantitative estimate of drug-likeness (QED) is 0.813. The molecule has 0 unspecified atom stereocenters. The van der Waals surface area contributed by atoms with E-state index in [1.807, 2.05) is 31.2 Å². The second-order valence-corrected chi connectivity index (χ2v) is 7.42. The van der Waals surface area contributed by atoms with E-state index < -0.39 is 5.25 Å². The zero-order valence-corrected chi connectivity index (χ0v) is 15.8. The van der Waals surface area contributed by atoms with Crippen molar-refractivity contribution in [3.05, 3.63) is 53.3 Å². The van der Waals surface area contributed by atoms with E-state index in [-0.39, 0.29) is 23.5 Å². The minimum atomic E-state index is -0.469. The first-order valence-electron chi connectivity index (χ1n) is 7.98. The summed E-state index contributed by atoms with van der Waals surface area (Å²) in [5.41, 5.74) is 2.30. The number of amides is 2. The predicted octanol–water partition coefficient (Wildman–Crippen LogP) is 3.51. The minimum Gasteiger partial charge on any atom is -0.322 e. The molecular formula is C18H17ClN4O2S. The summed E-state index contributed by atoms with van der Waals surface area (Å²) in [5.74, 6) is -0.352. The zero-order valence-electron chi connectivity index (χ0n) is 14.3. The monoisotopic (exact) mass is 388 g/mol. The van der Waals surface area contributed by atoms with Gasteiger partial charge in [0.2, 0.25) is 5.91 Å². The number of rotatable bonds is 4. The largest absolute Gasteiger partial charge is 0.322 e. The molecule has 1 N–H and O–H groups in total. The van der Waals surface area contributed by atoms with Crippen molar-refractivity contribution in [2.45, 2.75) is 19.1 Å². The third-order valence-electron chi connectivity index (χ3n) is 3.75. The molecule has 0 bridgehead atoms. The highest BCUT2D eigenvalue weighted by Crippen LogP contribution is 2.27. The molecule has 134 valence electrons. The number of carbonyl (C=O) groups excluding carboxylic acids is 2. The van der Waals surface area contributed by atoms with Crippen LogP contribution in [-0.4, -0.2) is 33.8 Å². The van der Waals surface area contributed by atoms with Crippen molar-refractivity contribution in [1.29, 1.82) is 0 Å². The summed E-state index contributed by atoms with van der Waals surface area (Å²) in [6.07, 6.45) is 1.55. The van der Waals surface area contributed by atoms with Gasteiger partial charge in [0.1, 0.15) is 6.54 Å². The number of pyridine rings is 1. The molecule has 6 nitrogen and oxygen atoms in total. The average molecular weight is 389 g/mol. The van der Waals surface area contributed by atoms with Crippen LogP contribution in [0.1, 0.15) is 12.5 Å². The second-order valence-electron chi connectivity index (χ2n) is 5.75. The van der Waals surface area contributed by atoms with Crippen molar-refractivity contribution in [2.24, 2.45) is 4.99 Å². The van der Waals surface area contributed by atoms with Crippen LogP contribution in [0.4, 0.5) is 11.4 Å². The molecule has 0 radical (unpaired) electrons. The van der Waals surface area contributed by atoms with Crippen LogP contribution in [0.3, 0.4) is 0 Å². The fourth-order valence-corrected chi connectivity index (χ4v) is 3.45. The van der Waals surface area contributed by atoms with E-state index >= 15 is 0 Å². The lowest BCUT2D eigenvalue weighted by molar-refractivity contribution is -0.116. The van der Waals surface area contributed by atoms with Gasteiger partial charge >= 0.3 is 0 Å². The Morgan fingerprint density at radius 1 is 1.31 bits per heavy atom. The molecule has 0 saturated heterocycles. The zero-order chi connectivity index (χ0) is 18.7. The molecule has 0 aliphatic carbocycles. The Bertz CT molecular complexity index is 870. The first-order chi connectivity index (χ1) is 12.5. The summed E-state index contributed by atoms with van der Waals surface area (Å²) in [7, 11) is 0. The summed E-state index contributed by atoms with van der Waals surface area (Å²) in [4.78, 5) is 34.4. The molecule has 0 fully saturated rings. The Hall–Kier alpha value is -2.38. The van der Waals surface area contributed by atoms with Gasteiger partial charge in [0.05, 0.1) is 16.6 Å². The van der Waals surface area contributed by atoms with Crippen molar-refractivity contribution in [1.82, 2.24) is 4.98 Å². The fraction of sp³-hybridized carbons (Fsp3) is 0.222. The van der Waals surface area contributed by atoms with Gasteiger partial charge in [-0.1, -0.05) is 41.1 Å². The van der Waals surface area contributed by atoms with Crippen molar-refractivity contribution >= 4 is 51.7 Å². The number of thioether (sulfide) groups is 1. The van der Waals surface area contributed by atoms with E-state index in [4.69, 9.17) is 11.6 Å². The first-order valence-corrected chi connectivity index (χ1v) is 9.23. The lowest BCUT2D eigenvalue weighted by Crippen LogP contribution is -2.33. The molecule has 26 heavy (non-hydrogen) atoms. The molecule has 0 spiro atoms. The van der Waals surface area contributed by atoms with Gasteiger partial charge in [-0.25, -0.2) is 4.98 Å². The first kappa shape index (κ1) is 18.4. The molecule has 1 aliphatic rings. The number of nitrogens with zero attached hydrogens (tertiary/aromatic N) is 3. The molecule has 8 heteroatoms. The molecule has 2 amide bonds. The highest BCUT2D eigenvalue weighted by molar-refractivity contribution is 8.15. The van der Waals surface area contributed by atoms with Gasteiger partial charge in [-0.15, -0.1) is 0 Å². The van der Waals surface area contributed by atoms with Gasteiger partial charge in [0.15, 0.2) is 10.3 Å². The summed E-state index contributed by atoms with van der Waals surface area (Å²) < 4.78 is 0. The number of aliphatic imine (C=N–C) groups is 1. The van der Waals surface area contributed by atoms with Crippen LogP contribution in [0.25, 0.3) is 0 Å². The van der Waals surface area contributed by atoms with Crippen LogP contribution in [0.5, 0.6) is 0 Å². The Kier molecular flexibility index (Phi) is 5.58. The average Bonchev–Trinajstić information content (AvgIpc) is 2.98. The SMILES string of the molecule is Cc1ccc(N2C(=O)CN=C2S[C@H](C)C(=O)Nc2cccnc2Cl)cc1. The molecule has 1 atom stereocenters. The molecular weight excluding hydrogens is 372 g/mol. The highest BCUT2D eigenvalue weighted by Gasteiger charge is 2.30. The molecule has 3 rings (SSSR count). The fourth-order valence-electron chi connectivity index (χ4n) is 2.35. The van der Waals surface area contributed by atoms with Gasteiger partial charge < -0.3 is 5.32 Å². The molecule has 2 aromatic rings. The third-order valence-corrected chi connectivity index (χ3v) is 5.14. The maximum Gasteiger partial charge on any atom is 0.254 e. The maximum absolute atomic E-state index is 12.4. The number of aromatic nitrogens is 1. The Morgan fingerprint density at radius 2 is 2.04 bits per heavy atom. The number of carbonyl (C=O) groups is 2. The Balaban J connectivity index is 1.70. The lowest BCUT2D eigenvalue weighted by Gasteiger charge is -2.20. The number of benzene rings is 1. The van der Waals surface area contributed by atoms with Gasteiger partial charge in [-0.2, -0.15) is 0 Å². The van der Waals surface area contributed by atoms with Crippen LogP contribution in [-0.2, 0) is 9.59 Å². The van der Waals surface area contributed by atoms with Crippen molar-refractivity contribution in [3.8, 4) is 0 Å². The standard InChI is InChI=1S/C18H17ClN4O2S/c1-11-5-7-13(8-6-11)23-15(24)10-21-18(23)26-12(2)17(25)22-14-4-3-9-20-16(14)19/h3-9,12H,10H2,1-2H3,(H,22,25)/t12-/m1/s1. The number of amidine groups is 1. The smallest absolute Gasteiger partial charge is 0.254 e. The maximum atomic E-state index is 12.4. The number of anilines is 2. The topological polar surface area (TPSA) is 74.7 Å². The van der Waals surface area contributed by atoms with Gasteiger partial charge in [0.25, 0.3) is 5.91 Å². The summed E-state index contributed by atoms with van der Waals surface area (Å²) in [5, 5.41) is 3.02. The van der Waals surface area contributed by atoms with E-state index in [1.54, 1.807) is 30.2 Å². The lowest BCUT2D eigenvalue weighted by atomic mass is 10.2. The van der Waals surface area contributed by atoms with Crippen LogP contribution < -0.4 is 10.2 Å². The van der Waals surface area contributed by atoms with Gasteiger partial charge in [0, 0.05) is 6.20 Å². The molecule has 0 saturated carbocycles. The number of halogens is 1. The van der Waals surface area contributed by atoms with E-state index in [0.717, 1.165) is 11.3 Å². The molecule has 1 aromatic carbocycles. The number of nitrogens with one attached hydrogen (secondary N) is 1. The van der Waals surface area contributed by atoms with E-state index in [0.29, 0.717) is 10.9 Å². The van der Waals surface area contributed by atoms with E-state index in [1.165, 1.54) is 11.8 Å². The second kappa shape index (κ2) is 7.88. The Morgan fingerprint density at radius 3 is 2.73 bits per heavy atom. The number of hydrogen-bond acceptors (Lipinski definition) is 5. The Labute approximate surface area is 160 Å². The van der Waals surface area contributed by atoms with Crippen LogP contribution in [0.15, 0.2) is 47.6 Å².